The van der Waals surface area contributed by atoms with Crippen LogP contribution >= 0.6 is 11.8 Å². The van der Waals surface area contributed by atoms with Crippen LogP contribution in [0.15, 0.2) is 119 Å². The third-order valence-corrected chi connectivity index (χ3v) is 10.5. The summed E-state index contributed by atoms with van der Waals surface area (Å²) in [5.74, 6) is -1.77. The standard InChI is InChI=1S/C42H39F5N2O4S/c1-52-24-23-28-7-2-3-9-33(20-13-28)49(53-34-21-16-30(17-22-34)29-14-18-32(19-15-29)42(45,46)47)39(51)26-48-37-12-5-4-10-35(37)38(50)25-40(48)54-27-31-8-6-11-36(43)41(31)44/h4-6,8,10-22,25,28,33H,2-3,7,9,23-24,26-27H2,1H3. The fourth-order valence-electron chi connectivity index (χ4n) is 6.52. The van der Waals surface area contributed by atoms with Crippen LogP contribution < -0.4 is 10.3 Å². The van der Waals surface area contributed by atoms with Crippen LogP contribution in [0.3, 0.4) is 0 Å². The van der Waals surface area contributed by atoms with Gasteiger partial charge in [-0.25, -0.2) is 8.78 Å². The second-order valence-electron chi connectivity index (χ2n) is 13.1. The molecule has 54 heavy (non-hydrogen) atoms. The molecule has 6 nitrogen and oxygen atoms in total. The van der Waals surface area contributed by atoms with E-state index in [0.717, 1.165) is 55.6 Å². The lowest BCUT2D eigenvalue weighted by molar-refractivity contribution is -0.164. The van der Waals surface area contributed by atoms with E-state index in [2.05, 4.69) is 6.08 Å². The fourth-order valence-corrected chi connectivity index (χ4v) is 7.56. The summed E-state index contributed by atoms with van der Waals surface area (Å²) in [7, 11) is 1.66. The van der Waals surface area contributed by atoms with Crippen molar-refractivity contribution in [3.05, 3.63) is 142 Å². The average Bonchev–Trinajstić information content (AvgIpc) is 3.16. The number of methoxy groups -OCH3 is 1. The van der Waals surface area contributed by atoms with Gasteiger partial charge in [-0.2, -0.15) is 18.2 Å². The number of hydrogen-bond acceptors (Lipinski definition) is 5. The number of halogens is 5. The van der Waals surface area contributed by atoms with Gasteiger partial charge in [-0.1, -0.05) is 73.5 Å². The first-order valence-corrected chi connectivity index (χ1v) is 18.6. The maximum Gasteiger partial charge on any atom is 0.416 e. The third kappa shape index (κ3) is 9.40. The molecule has 1 aromatic heterocycles. The van der Waals surface area contributed by atoms with Crippen LogP contribution in [0.1, 0.15) is 43.2 Å². The van der Waals surface area contributed by atoms with E-state index in [4.69, 9.17) is 9.57 Å². The van der Waals surface area contributed by atoms with Gasteiger partial charge in [0.25, 0.3) is 5.91 Å². The smallest absolute Gasteiger partial charge is 0.385 e. The van der Waals surface area contributed by atoms with E-state index in [-0.39, 0.29) is 29.2 Å². The number of alkyl halides is 3. The first kappa shape index (κ1) is 38.8. The Morgan fingerprint density at radius 2 is 1.59 bits per heavy atom. The molecule has 2 unspecified atom stereocenters. The lowest BCUT2D eigenvalue weighted by atomic mass is 9.92. The van der Waals surface area contributed by atoms with Crippen LogP contribution in [0.2, 0.25) is 0 Å². The molecule has 282 valence electrons. The van der Waals surface area contributed by atoms with Crippen LogP contribution in [-0.4, -0.2) is 35.3 Å². The molecule has 0 saturated carbocycles. The Balaban J connectivity index is 1.33. The second-order valence-corrected chi connectivity index (χ2v) is 14.1. The Bertz CT molecular complexity index is 2150. The topological polar surface area (TPSA) is 60.8 Å². The molecule has 0 bridgehead atoms. The van der Waals surface area contributed by atoms with Crippen LogP contribution in [0.5, 0.6) is 5.75 Å². The quantitative estimate of drug-likeness (QED) is 0.0548. The minimum absolute atomic E-state index is 0.00921. The number of thioether (sulfide) groups is 1. The number of pyridine rings is 1. The van der Waals surface area contributed by atoms with E-state index in [1.807, 2.05) is 6.08 Å². The number of benzene rings is 4. The number of nitrogens with zero attached hydrogens (tertiary/aromatic N) is 2. The molecule has 0 fully saturated rings. The van der Waals surface area contributed by atoms with E-state index in [1.165, 1.54) is 35.4 Å². The maximum absolute atomic E-state index is 14.6. The Kier molecular flexibility index (Phi) is 12.5. The van der Waals surface area contributed by atoms with Crippen molar-refractivity contribution < 1.29 is 36.3 Å². The number of rotatable bonds is 12. The van der Waals surface area contributed by atoms with Gasteiger partial charge < -0.3 is 14.1 Å². The largest absolute Gasteiger partial charge is 0.416 e. The number of hydroxylamine groups is 2. The molecule has 2 atom stereocenters. The molecule has 1 heterocycles. The van der Waals surface area contributed by atoms with E-state index >= 15 is 0 Å². The second kappa shape index (κ2) is 17.5. The molecular weight excluding hydrogens is 724 g/mol. The molecule has 0 radical (unpaired) electrons. The molecule has 0 spiro atoms. The number of hydrogen-bond donors (Lipinski definition) is 0. The molecule has 0 N–H and O–H groups in total. The SMILES string of the molecule is COCCC1C=CC(N(Oc2ccc(-c3ccc(C(F)(F)F)cc3)cc2)C(=O)Cn2c(SCc3cccc(F)c3F)cc(=O)c3ccccc32)CCCC1. The number of ether oxygens (including phenoxy) is 1. The Morgan fingerprint density at radius 1 is 0.889 bits per heavy atom. The van der Waals surface area contributed by atoms with Crippen molar-refractivity contribution in [2.75, 3.05) is 13.7 Å². The Hall–Kier alpha value is -4.94. The van der Waals surface area contributed by atoms with Crippen molar-refractivity contribution in [3.63, 3.8) is 0 Å². The molecule has 1 aliphatic carbocycles. The average molecular weight is 763 g/mol. The highest BCUT2D eigenvalue weighted by molar-refractivity contribution is 7.98. The van der Waals surface area contributed by atoms with Crippen molar-refractivity contribution in [2.45, 2.75) is 61.6 Å². The first-order chi connectivity index (χ1) is 26.0. The molecule has 1 aliphatic rings. The predicted octanol–water partition coefficient (Wildman–Crippen LogP) is 10.2. The zero-order chi connectivity index (χ0) is 38.2. The van der Waals surface area contributed by atoms with Gasteiger partial charge in [0.15, 0.2) is 22.8 Å². The van der Waals surface area contributed by atoms with E-state index in [0.29, 0.717) is 45.8 Å². The van der Waals surface area contributed by atoms with Crippen LogP contribution in [0, 0.1) is 17.6 Å². The summed E-state index contributed by atoms with van der Waals surface area (Å²) in [6.45, 7) is 0.360. The monoisotopic (exact) mass is 762 g/mol. The predicted molar refractivity (Wildman–Crippen MR) is 200 cm³/mol. The van der Waals surface area contributed by atoms with Gasteiger partial charge in [-0.05, 0) is 78.8 Å². The number of fused-ring (bicyclic) bond motifs is 1. The molecule has 0 saturated heterocycles. The van der Waals surface area contributed by atoms with Gasteiger partial charge in [0, 0.05) is 36.5 Å². The number of carbonyl (C=O) groups is 1. The van der Waals surface area contributed by atoms with Crippen LogP contribution in [0.4, 0.5) is 22.0 Å². The Morgan fingerprint density at radius 3 is 2.31 bits per heavy atom. The Labute approximate surface area is 314 Å². The van der Waals surface area contributed by atoms with Gasteiger partial charge in [-0.15, -0.1) is 11.8 Å². The van der Waals surface area contributed by atoms with Gasteiger partial charge in [0.05, 0.1) is 22.1 Å². The van der Waals surface area contributed by atoms with E-state index < -0.39 is 35.3 Å². The zero-order valence-corrected chi connectivity index (χ0v) is 30.3. The molecule has 12 heteroatoms. The minimum Gasteiger partial charge on any atom is -0.385 e. The first-order valence-electron chi connectivity index (χ1n) is 17.6. The maximum atomic E-state index is 14.6. The molecule has 0 aliphatic heterocycles. The highest BCUT2D eigenvalue weighted by Crippen LogP contribution is 2.33. The highest BCUT2D eigenvalue weighted by atomic mass is 32.2. The molecular formula is C42H39F5N2O4S. The van der Waals surface area contributed by atoms with Crippen molar-refractivity contribution in [1.82, 2.24) is 9.63 Å². The summed E-state index contributed by atoms with van der Waals surface area (Å²) >= 11 is 1.12. The number of amides is 1. The molecule has 6 rings (SSSR count). The van der Waals surface area contributed by atoms with Gasteiger partial charge in [0.1, 0.15) is 6.54 Å². The van der Waals surface area contributed by atoms with Crippen molar-refractivity contribution in [1.29, 1.82) is 0 Å². The van der Waals surface area contributed by atoms with Crippen LogP contribution in [0.25, 0.3) is 22.0 Å². The van der Waals surface area contributed by atoms with Gasteiger partial charge in [0.2, 0.25) is 0 Å². The normalized spacial score (nSPS) is 16.2. The third-order valence-electron chi connectivity index (χ3n) is 9.46. The lowest BCUT2D eigenvalue weighted by Crippen LogP contribution is -2.44. The molecule has 1 amide bonds. The number of allylic oxidation sites excluding steroid dienone is 1. The van der Waals surface area contributed by atoms with E-state index in [9.17, 15) is 31.5 Å². The number of aromatic nitrogens is 1. The van der Waals surface area contributed by atoms with Crippen molar-refractivity contribution in [2.24, 2.45) is 5.92 Å². The number of carbonyl (C=O) groups excluding carboxylic acids is 1. The van der Waals surface area contributed by atoms with Crippen LogP contribution in [-0.2, 0) is 28.0 Å². The highest BCUT2D eigenvalue weighted by Gasteiger charge is 2.30. The molecule has 5 aromatic rings. The van der Waals surface area contributed by atoms with Gasteiger partial charge >= 0.3 is 6.18 Å². The fraction of sp³-hybridized carbons (Fsp3) is 0.286. The summed E-state index contributed by atoms with van der Waals surface area (Å²) in [5.41, 5.74) is 0.843. The number of para-hydroxylation sites is 1. The summed E-state index contributed by atoms with van der Waals surface area (Å²) in [4.78, 5) is 34.1. The van der Waals surface area contributed by atoms with Crippen molar-refractivity contribution in [3.8, 4) is 16.9 Å². The summed E-state index contributed by atoms with van der Waals surface area (Å²) in [6.07, 6.45) is 3.86. The van der Waals surface area contributed by atoms with E-state index in [1.54, 1.807) is 60.2 Å². The summed E-state index contributed by atoms with van der Waals surface area (Å²) in [6, 6.07) is 23.4. The van der Waals surface area contributed by atoms with Gasteiger partial charge in [-0.3, -0.25) is 9.59 Å². The lowest BCUT2D eigenvalue weighted by Gasteiger charge is -2.31. The van der Waals surface area contributed by atoms with Crippen molar-refractivity contribution >= 4 is 28.6 Å². The minimum atomic E-state index is -4.44. The summed E-state index contributed by atoms with van der Waals surface area (Å²) < 4.78 is 75.0. The molecule has 4 aromatic carbocycles. The zero-order valence-electron chi connectivity index (χ0n) is 29.5. The summed E-state index contributed by atoms with van der Waals surface area (Å²) in [5, 5.41) is 2.13.